The third-order valence-corrected chi connectivity index (χ3v) is 17.8. The average molecular weight is 1690 g/mol. The molecule has 0 radical (unpaired) electrons. The van der Waals surface area contributed by atoms with E-state index in [0.717, 1.165) is 32.6 Å². The molecule has 0 aliphatic carbocycles. The van der Waals surface area contributed by atoms with Crippen molar-refractivity contribution in [1.82, 2.24) is 84.7 Å². The number of carbonyl (C=O) groups is 20. The maximum atomic E-state index is 14.5. The van der Waals surface area contributed by atoms with Crippen molar-refractivity contribution in [2.75, 3.05) is 46.1 Å². The van der Waals surface area contributed by atoms with Crippen molar-refractivity contribution in [2.24, 2.45) is 28.9 Å². The van der Waals surface area contributed by atoms with E-state index in [1.807, 2.05) is 16.0 Å². The molecule has 48 heteroatoms. The molecule has 19 amide bonds. The van der Waals surface area contributed by atoms with Crippen molar-refractivity contribution >= 4 is 118 Å². The standard InChI is InChI=1S/C71H106N20O28/c1-31(2)54(88-52(103)26-77-59(106)43(27-92)86-66(113)47-18-13-19-91(47)70(117)46(30-95)87-62(109)41(23-49(73)100)80-60(107)42(24-50(74)101)81-67(114)53(75)33(4)96)68(115)83-39(21-37-16-11-8-12-17-37)63(110)89-55(34(5)97)69(116)82-38(20-36-14-9-7-10-15-36)58(105)76-25-51(102)78-32(3)57(104)79-40(22-48(72)99)61(108)84-44(28-93)64(111)85-45(29-94)65(112)90-56(35(6)98)71(118)119/h7-12,14-17,31-35,38-47,53-56,92-98H,13,18-30,75H2,1-6H3,(H2,72,99)(H2,73,100)(H2,74,101)(H,76,105)(H,77,106)(H,78,102)(H,79,104)(H,80,107)(H,81,114)(H,82,116)(H,83,115)(H,84,108)(H,85,111)(H,86,113)(H,87,109)(H,88,103)(H,89,110)(H,90,112)(H,118,119)/t32-,33+,34+,35+,38-,39-,40-,41-,42-,43-,44-,45-,46-,47-,53-,54-,55-,56-/m0/s1. The van der Waals surface area contributed by atoms with E-state index in [4.69, 9.17) is 22.9 Å². The summed E-state index contributed by atoms with van der Waals surface area (Å²) in [5.74, 6) is -24.6. The van der Waals surface area contributed by atoms with Gasteiger partial charge in [-0.2, -0.15) is 0 Å². The number of nitrogens with zero attached hydrogens (tertiary/aromatic N) is 1. The van der Waals surface area contributed by atoms with Crippen LogP contribution in [0.3, 0.4) is 0 Å². The second-order valence-corrected chi connectivity index (χ2v) is 27.9. The SMILES string of the molecule is CC(C)[C@H](NC(=O)CNC(=O)[C@H](CO)NC(=O)[C@@H]1CCCN1C(=O)[C@H](CO)NC(=O)[C@H](CC(N)=O)NC(=O)[C@H](CC(N)=O)NC(=O)[C@@H](N)[C@@H](C)O)C(=O)N[C@@H](Cc1ccccc1)C(=O)N[C@H](C(=O)N[C@@H](Cc1ccccc1)C(=O)NCC(=O)N[C@@H](C)C(=O)N[C@@H](CC(N)=O)C(=O)N[C@@H](CO)C(=O)N[C@@H](CO)C(=O)N[C@H](C(=O)O)[C@@H](C)O)[C@@H](C)O. The summed E-state index contributed by atoms with van der Waals surface area (Å²) < 4.78 is 0. The van der Waals surface area contributed by atoms with Gasteiger partial charge in [0.2, 0.25) is 112 Å². The van der Waals surface area contributed by atoms with E-state index in [-0.39, 0.29) is 32.2 Å². The van der Waals surface area contributed by atoms with Crippen LogP contribution in [0.5, 0.6) is 0 Å². The molecule has 1 aliphatic rings. The molecule has 0 unspecified atom stereocenters. The lowest BCUT2D eigenvalue weighted by molar-refractivity contribution is -0.145. The smallest absolute Gasteiger partial charge is 0.328 e. The van der Waals surface area contributed by atoms with Crippen LogP contribution in [-0.2, 0) is 109 Å². The fraction of sp³-hybridized carbons (Fsp3) is 0.549. The van der Waals surface area contributed by atoms with Gasteiger partial charge in [0.25, 0.3) is 0 Å². The molecular weight excluding hydrogens is 1580 g/mol. The number of nitrogens with one attached hydrogen (secondary N) is 15. The molecule has 658 valence electrons. The number of primary amides is 3. The minimum Gasteiger partial charge on any atom is -0.480 e. The Bertz CT molecular complexity index is 3930. The normalized spacial score (nSPS) is 16.6. The van der Waals surface area contributed by atoms with Gasteiger partial charge < -0.3 is 148 Å². The van der Waals surface area contributed by atoms with E-state index in [0.29, 0.717) is 11.1 Å². The Morgan fingerprint density at radius 1 is 0.387 bits per heavy atom. The fourth-order valence-electron chi connectivity index (χ4n) is 11.3. The highest BCUT2D eigenvalue weighted by Gasteiger charge is 2.42. The van der Waals surface area contributed by atoms with Gasteiger partial charge in [0.15, 0.2) is 6.04 Å². The molecule has 119 heavy (non-hydrogen) atoms. The second kappa shape index (κ2) is 49.6. The van der Waals surface area contributed by atoms with Crippen LogP contribution >= 0.6 is 0 Å². The van der Waals surface area contributed by atoms with Crippen molar-refractivity contribution in [3.63, 3.8) is 0 Å². The molecule has 2 aromatic rings. The Morgan fingerprint density at radius 2 is 0.731 bits per heavy atom. The van der Waals surface area contributed by atoms with Gasteiger partial charge in [-0.1, -0.05) is 74.5 Å². The van der Waals surface area contributed by atoms with Gasteiger partial charge in [-0.15, -0.1) is 0 Å². The lowest BCUT2D eigenvalue weighted by Crippen LogP contribution is -2.62. The highest BCUT2D eigenvalue weighted by Crippen LogP contribution is 2.20. The summed E-state index contributed by atoms with van der Waals surface area (Å²) in [6.45, 7) is 0.763. The molecule has 31 N–H and O–H groups in total. The summed E-state index contributed by atoms with van der Waals surface area (Å²) in [6.07, 6.45) is -8.12. The van der Waals surface area contributed by atoms with Crippen LogP contribution in [0.2, 0.25) is 0 Å². The Kier molecular flexibility index (Phi) is 41.9. The van der Waals surface area contributed by atoms with Crippen molar-refractivity contribution in [2.45, 2.75) is 195 Å². The zero-order valence-electron chi connectivity index (χ0n) is 65.6. The first-order valence-electron chi connectivity index (χ1n) is 37.1. The van der Waals surface area contributed by atoms with E-state index in [2.05, 4.69) is 63.8 Å². The predicted molar refractivity (Wildman–Crippen MR) is 407 cm³/mol. The third-order valence-electron chi connectivity index (χ3n) is 17.8. The molecule has 2 aromatic carbocycles. The topological polar surface area (TPSA) is 791 Å². The molecule has 0 saturated carbocycles. The number of carbonyl (C=O) groups excluding carboxylic acids is 19. The molecule has 1 fully saturated rings. The van der Waals surface area contributed by atoms with Crippen LogP contribution in [-0.4, -0.2) is 319 Å². The number of amides is 19. The molecule has 3 rings (SSSR count). The minimum atomic E-state index is -1.96. The van der Waals surface area contributed by atoms with Crippen LogP contribution in [0.25, 0.3) is 0 Å². The number of nitrogens with two attached hydrogens (primary N) is 4. The molecule has 1 heterocycles. The Morgan fingerprint density at radius 3 is 1.14 bits per heavy atom. The van der Waals surface area contributed by atoms with Gasteiger partial charge in [0, 0.05) is 19.4 Å². The number of likely N-dealkylation sites (tertiary alicyclic amines) is 1. The summed E-state index contributed by atoms with van der Waals surface area (Å²) in [4.78, 5) is 265. The van der Waals surface area contributed by atoms with Crippen LogP contribution < -0.4 is 103 Å². The molecule has 1 aliphatic heterocycles. The number of aliphatic hydroxyl groups excluding tert-OH is 7. The molecule has 48 nitrogen and oxygen atoms in total. The van der Waals surface area contributed by atoms with Gasteiger partial charge in [-0.25, -0.2) is 4.79 Å². The van der Waals surface area contributed by atoms with E-state index >= 15 is 0 Å². The largest absolute Gasteiger partial charge is 0.480 e. The fourth-order valence-corrected chi connectivity index (χ4v) is 11.3. The monoisotopic (exact) mass is 1690 g/mol. The van der Waals surface area contributed by atoms with Crippen LogP contribution in [0.1, 0.15) is 84.8 Å². The third kappa shape index (κ3) is 33.6. The van der Waals surface area contributed by atoms with Gasteiger partial charge in [0.05, 0.1) is 77.1 Å². The predicted octanol–water partition coefficient (Wildman–Crippen LogP) is -15.2. The minimum absolute atomic E-state index is 0.0785. The van der Waals surface area contributed by atoms with Crippen LogP contribution in [0.4, 0.5) is 0 Å². The van der Waals surface area contributed by atoms with Gasteiger partial charge in [0.1, 0.15) is 84.6 Å². The van der Waals surface area contributed by atoms with Crippen molar-refractivity contribution in [3.05, 3.63) is 71.8 Å². The van der Waals surface area contributed by atoms with Gasteiger partial charge in [-0.3, -0.25) is 91.1 Å². The van der Waals surface area contributed by atoms with Crippen molar-refractivity contribution < 1.29 is 137 Å². The Balaban J connectivity index is 1.74. The average Bonchev–Trinajstić information content (AvgIpc) is 1.72. The molecule has 1 saturated heterocycles. The van der Waals surface area contributed by atoms with Gasteiger partial charge >= 0.3 is 5.97 Å². The highest BCUT2D eigenvalue weighted by molar-refractivity contribution is 6.02. The maximum absolute atomic E-state index is 14.5. The maximum Gasteiger partial charge on any atom is 0.328 e. The first-order chi connectivity index (χ1) is 55.9. The number of carboxylic acids is 1. The Hall–Kier alpha value is -12.5. The summed E-state index contributed by atoms with van der Waals surface area (Å²) in [5.41, 5.74) is 22.3. The molecule has 18 atom stereocenters. The quantitative estimate of drug-likeness (QED) is 0.0292. The lowest BCUT2D eigenvalue weighted by atomic mass is 10.00. The number of carboxylic acid groups (broad SMARTS) is 1. The molecule has 0 spiro atoms. The molecule has 0 aromatic heterocycles. The Labute approximate surface area is 679 Å². The van der Waals surface area contributed by atoms with E-state index in [9.17, 15) is 137 Å². The zero-order valence-corrected chi connectivity index (χ0v) is 65.6. The number of aliphatic hydroxyl groups is 7. The number of hydrogen-bond donors (Lipinski definition) is 27. The summed E-state index contributed by atoms with van der Waals surface area (Å²) in [5, 5.41) is 113. The molecular formula is C71H106N20O28. The molecule has 0 bridgehead atoms. The van der Waals surface area contributed by atoms with Crippen molar-refractivity contribution in [3.8, 4) is 0 Å². The van der Waals surface area contributed by atoms with Crippen LogP contribution in [0.15, 0.2) is 60.7 Å². The van der Waals surface area contributed by atoms with Crippen molar-refractivity contribution in [1.29, 1.82) is 0 Å². The first-order valence-corrected chi connectivity index (χ1v) is 37.1. The van der Waals surface area contributed by atoms with E-state index in [1.54, 1.807) is 60.7 Å². The second-order valence-electron chi connectivity index (χ2n) is 27.9. The number of hydrogen-bond acceptors (Lipinski definition) is 28. The summed E-state index contributed by atoms with van der Waals surface area (Å²) >= 11 is 0. The first kappa shape index (κ1) is 101. The summed E-state index contributed by atoms with van der Waals surface area (Å²) in [7, 11) is 0. The number of rotatable bonds is 50. The number of aliphatic carboxylic acids is 1. The lowest BCUT2D eigenvalue weighted by Gasteiger charge is -2.30. The highest BCUT2D eigenvalue weighted by atomic mass is 16.4. The van der Waals surface area contributed by atoms with E-state index < -0.39 is 292 Å². The summed E-state index contributed by atoms with van der Waals surface area (Å²) in [6, 6.07) is -10.4. The number of benzene rings is 2. The zero-order chi connectivity index (χ0) is 89.8. The van der Waals surface area contributed by atoms with E-state index in [1.165, 1.54) is 13.8 Å². The van der Waals surface area contributed by atoms with Gasteiger partial charge in [-0.05, 0) is 57.6 Å². The van der Waals surface area contributed by atoms with Crippen LogP contribution in [0, 0.1) is 5.92 Å².